The van der Waals surface area contributed by atoms with E-state index in [1.54, 1.807) is 0 Å². The molecule has 15 heavy (non-hydrogen) atoms. The quantitative estimate of drug-likeness (QED) is 0.227. The molecule has 8 heteroatoms. The molecule has 2 N–H and O–H groups in total. The van der Waals surface area contributed by atoms with Crippen molar-refractivity contribution in [2.45, 2.75) is 19.8 Å². The number of hydrogen-bond donors (Lipinski definition) is 2. The molecule has 0 aromatic rings. The molecule has 0 amide bonds. The Morgan fingerprint density at radius 3 is 2.33 bits per heavy atom. The average molecular weight is 262 g/mol. The van der Waals surface area contributed by atoms with Gasteiger partial charge in [0.1, 0.15) is 0 Å². The van der Waals surface area contributed by atoms with Crippen LogP contribution in [0.15, 0.2) is 0 Å². The minimum absolute atomic E-state index is 0. The Balaban J connectivity index is 0. The van der Waals surface area contributed by atoms with Gasteiger partial charge in [0, 0.05) is 13.1 Å². The molecule has 0 bridgehead atoms. The van der Waals surface area contributed by atoms with Crippen LogP contribution in [0.2, 0.25) is 0 Å². The number of nitrogens with one attached hydrogen (secondary N) is 2. The van der Waals surface area contributed by atoms with Crippen LogP contribution in [0.1, 0.15) is 19.8 Å². The van der Waals surface area contributed by atoms with Gasteiger partial charge in [-0.05, 0) is 18.6 Å². The van der Waals surface area contributed by atoms with E-state index in [1.807, 2.05) is 0 Å². The second kappa shape index (κ2) is 9.80. The van der Waals surface area contributed by atoms with Crippen LogP contribution in [0, 0.1) is 0 Å². The van der Waals surface area contributed by atoms with Crippen LogP contribution in [0.25, 0.3) is 0 Å². The Morgan fingerprint density at radius 2 is 1.87 bits per heavy atom. The van der Waals surface area contributed by atoms with Crippen LogP contribution in [0.3, 0.4) is 0 Å². The van der Waals surface area contributed by atoms with Gasteiger partial charge < -0.3 is 15.2 Å². The van der Waals surface area contributed by atoms with Gasteiger partial charge in [0.05, 0.1) is 15.9 Å². The summed E-state index contributed by atoms with van der Waals surface area (Å²) in [6.45, 7) is 2.87. The largest absolute Gasteiger partial charge is 1.00 e. The van der Waals surface area contributed by atoms with Crippen LogP contribution in [0.4, 0.5) is 0 Å². The van der Waals surface area contributed by atoms with E-state index in [-0.39, 0.29) is 36.1 Å². The van der Waals surface area contributed by atoms with Crippen LogP contribution in [-0.2, 0) is 10.1 Å². The molecule has 0 saturated heterocycles. The summed E-state index contributed by atoms with van der Waals surface area (Å²) >= 11 is 4.84. The molecular formula is C7H15N2NaO3S2. The Hall–Kier alpha value is 0.600. The van der Waals surface area contributed by atoms with Crippen molar-refractivity contribution in [1.29, 1.82) is 0 Å². The van der Waals surface area contributed by atoms with Gasteiger partial charge in [-0.2, -0.15) is 0 Å². The van der Waals surface area contributed by atoms with E-state index >= 15 is 0 Å². The predicted octanol–water partition coefficient (Wildman–Crippen LogP) is -3.20. The molecule has 0 spiro atoms. The van der Waals surface area contributed by atoms with Crippen LogP contribution < -0.4 is 40.2 Å². The minimum atomic E-state index is -4.14. The molecule has 0 aliphatic carbocycles. The third kappa shape index (κ3) is 14.6. The van der Waals surface area contributed by atoms with Gasteiger partial charge in [-0.1, -0.05) is 13.3 Å². The van der Waals surface area contributed by atoms with Crippen molar-refractivity contribution in [3.8, 4) is 0 Å². The van der Waals surface area contributed by atoms with Gasteiger partial charge in [-0.15, -0.1) is 0 Å². The van der Waals surface area contributed by atoms with Crippen molar-refractivity contribution < 1.29 is 42.5 Å². The van der Waals surface area contributed by atoms with E-state index in [9.17, 15) is 13.0 Å². The molecule has 0 saturated carbocycles. The van der Waals surface area contributed by atoms with E-state index in [4.69, 9.17) is 12.2 Å². The maximum Gasteiger partial charge on any atom is 1.00 e. The molecule has 0 aromatic carbocycles. The molecule has 0 aromatic heterocycles. The summed E-state index contributed by atoms with van der Waals surface area (Å²) < 4.78 is 30.6. The molecule has 0 aliphatic rings. The summed E-state index contributed by atoms with van der Waals surface area (Å²) in [7, 11) is -4.14. The van der Waals surface area contributed by atoms with Crippen LogP contribution in [-0.4, -0.2) is 36.9 Å². The number of thiocarbonyl (C=S) groups is 1. The molecule has 0 fully saturated rings. The van der Waals surface area contributed by atoms with Gasteiger partial charge in [0.2, 0.25) is 0 Å². The van der Waals surface area contributed by atoms with Crippen molar-refractivity contribution in [3.05, 3.63) is 0 Å². The first-order valence-corrected chi connectivity index (χ1v) is 6.39. The minimum Gasteiger partial charge on any atom is -0.748 e. The Labute approximate surface area is 118 Å². The molecule has 0 heterocycles. The van der Waals surface area contributed by atoms with Crippen LogP contribution >= 0.6 is 12.2 Å². The van der Waals surface area contributed by atoms with E-state index in [0.29, 0.717) is 5.11 Å². The van der Waals surface area contributed by atoms with Crippen LogP contribution in [0.5, 0.6) is 0 Å². The SMILES string of the molecule is CCCCNC(=S)NCCS(=O)(=O)[O-].[Na+]. The van der Waals surface area contributed by atoms with E-state index in [0.717, 1.165) is 19.4 Å². The molecule has 0 radical (unpaired) electrons. The zero-order valence-corrected chi connectivity index (χ0v) is 12.7. The Morgan fingerprint density at radius 1 is 1.33 bits per heavy atom. The molecule has 0 atom stereocenters. The van der Waals surface area contributed by atoms with Gasteiger partial charge >= 0.3 is 29.6 Å². The van der Waals surface area contributed by atoms with E-state index in [2.05, 4.69) is 17.6 Å². The maximum absolute atomic E-state index is 10.2. The molecule has 0 rings (SSSR count). The van der Waals surface area contributed by atoms with Crippen molar-refractivity contribution in [1.82, 2.24) is 10.6 Å². The third-order valence-electron chi connectivity index (χ3n) is 1.45. The van der Waals surface area contributed by atoms with Crippen molar-refractivity contribution in [2.75, 3.05) is 18.8 Å². The fourth-order valence-electron chi connectivity index (χ4n) is 0.731. The molecular weight excluding hydrogens is 247 g/mol. The first-order valence-electron chi connectivity index (χ1n) is 4.41. The van der Waals surface area contributed by atoms with Gasteiger partial charge in [0.15, 0.2) is 5.11 Å². The second-order valence-corrected chi connectivity index (χ2v) is 4.73. The molecule has 84 valence electrons. The number of hydrogen-bond acceptors (Lipinski definition) is 4. The Bertz CT molecular complexity index is 269. The third-order valence-corrected chi connectivity index (χ3v) is 2.45. The number of unbranched alkanes of at least 4 members (excludes halogenated alkanes) is 1. The standard InChI is InChI=1S/C7H16N2O3S2.Na/c1-2-3-4-8-7(13)9-5-6-14(10,11)12;/h2-6H2,1H3,(H2,8,9,13)(H,10,11,12);/q;+1/p-1. The zero-order chi connectivity index (χ0) is 11.0. The van der Waals surface area contributed by atoms with Gasteiger partial charge in [-0.25, -0.2) is 8.42 Å². The normalized spacial score (nSPS) is 10.3. The summed E-state index contributed by atoms with van der Waals surface area (Å²) in [5, 5.41) is 5.92. The van der Waals surface area contributed by atoms with Gasteiger partial charge in [0.25, 0.3) is 0 Å². The van der Waals surface area contributed by atoms with Gasteiger partial charge in [-0.3, -0.25) is 0 Å². The zero-order valence-electron chi connectivity index (χ0n) is 9.08. The summed E-state index contributed by atoms with van der Waals surface area (Å²) in [4.78, 5) is 0. The molecule has 0 unspecified atom stereocenters. The summed E-state index contributed by atoms with van der Waals surface area (Å²) in [5.74, 6) is -0.442. The topological polar surface area (TPSA) is 81.3 Å². The maximum atomic E-state index is 10.2. The monoisotopic (exact) mass is 262 g/mol. The number of rotatable bonds is 6. The Kier molecular flexibility index (Phi) is 11.7. The first kappa shape index (κ1) is 18.0. The van der Waals surface area contributed by atoms with E-state index in [1.165, 1.54) is 0 Å². The second-order valence-electron chi connectivity index (χ2n) is 2.80. The van der Waals surface area contributed by atoms with E-state index < -0.39 is 15.9 Å². The predicted molar refractivity (Wildman–Crippen MR) is 58.1 cm³/mol. The molecule has 5 nitrogen and oxygen atoms in total. The smallest absolute Gasteiger partial charge is 0.748 e. The van der Waals surface area contributed by atoms with Crippen molar-refractivity contribution in [3.63, 3.8) is 0 Å². The summed E-state index contributed by atoms with van der Waals surface area (Å²) in [5.41, 5.74) is 0. The fraction of sp³-hybridized carbons (Fsp3) is 0.857. The average Bonchev–Trinajstić information content (AvgIpc) is 2.02. The first-order chi connectivity index (χ1) is 6.45. The summed E-state index contributed by atoms with van der Waals surface area (Å²) in [6, 6.07) is 0. The van der Waals surface area contributed by atoms with Crippen molar-refractivity contribution in [2.24, 2.45) is 0 Å². The molecule has 0 aliphatic heterocycles. The fourth-order valence-corrected chi connectivity index (χ4v) is 1.29. The van der Waals surface area contributed by atoms with Crippen molar-refractivity contribution >= 4 is 27.4 Å². The summed E-state index contributed by atoms with van der Waals surface area (Å²) in [6.07, 6.45) is 2.06.